The van der Waals surface area contributed by atoms with Crippen LogP contribution in [0.3, 0.4) is 0 Å². The molecule has 10 heteroatoms. The molecule has 0 radical (unpaired) electrons. The van der Waals surface area contributed by atoms with Crippen LogP contribution < -0.4 is 16.0 Å². The van der Waals surface area contributed by atoms with Gasteiger partial charge in [0.1, 0.15) is 21.4 Å². The van der Waals surface area contributed by atoms with Crippen molar-refractivity contribution >= 4 is 28.8 Å². The Hall–Kier alpha value is -3.14. The van der Waals surface area contributed by atoms with Crippen LogP contribution in [0.25, 0.3) is 22.4 Å². The summed E-state index contributed by atoms with van der Waals surface area (Å²) < 4.78 is 12.5. The molecule has 0 saturated carbocycles. The molecule has 1 atom stereocenters. The Balaban J connectivity index is 2.26. The maximum Gasteiger partial charge on any atom is 0.332 e. The summed E-state index contributed by atoms with van der Waals surface area (Å²) in [7, 11) is 4.50. The van der Waals surface area contributed by atoms with Crippen LogP contribution in [-0.2, 0) is 23.6 Å². The number of ether oxygens (including phenoxy) is 2. The number of aryl methyl sites for hydroxylation is 1. The molecule has 3 rings (SSSR count). The number of esters is 1. The molecule has 0 N–H and O–H groups in total. The number of aromatic nitrogens is 4. The highest BCUT2D eigenvalue weighted by Gasteiger charge is 2.23. The van der Waals surface area contributed by atoms with Crippen molar-refractivity contribution in [1.82, 2.24) is 19.1 Å². The first-order valence-electron chi connectivity index (χ1n) is 9.24. The van der Waals surface area contributed by atoms with Gasteiger partial charge in [-0.25, -0.2) is 14.8 Å². The largest absolute Gasteiger partial charge is 0.497 e. The van der Waals surface area contributed by atoms with Gasteiger partial charge < -0.3 is 9.47 Å². The minimum Gasteiger partial charge on any atom is -0.497 e. The number of carbonyl (C=O) groups excluding carboxylic acids is 1. The SMILES string of the molecule is CCOC(=O)[C@@H](C)Sc1nc(-c2ccc(OC)cc2)nc2c1c(=O)n(C)c(=O)n2C. The third-order valence-electron chi connectivity index (χ3n) is 4.52. The highest BCUT2D eigenvalue weighted by Crippen LogP contribution is 2.30. The molecule has 3 aromatic rings. The summed E-state index contributed by atoms with van der Waals surface area (Å²) in [6.07, 6.45) is 0. The molecule has 2 heterocycles. The molecule has 0 unspecified atom stereocenters. The first-order valence-corrected chi connectivity index (χ1v) is 10.1. The van der Waals surface area contributed by atoms with E-state index in [1.54, 1.807) is 45.2 Å². The Kier molecular flexibility index (Phi) is 6.25. The van der Waals surface area contributed by atoms with E-state index in [0.717, 1.165) is 16.3 Å². The monoisotopic (exact) mass is 430 g/mol. The molecule has 0 aliphatic heterocycles. The molecular formula is C20H22N4O5S. The molecule has 0 fully saturated rings. The number of hydrogen-bond donors (Lipinski definition) is 0. The maximum atomic E-state index is 12.9. The van der Waals surface area contributed by atoms with Gasteiger partial charge in [-0.3, -0.25) is 18.7 Å². The van der Waals surface area contributed by atoms with Crippen LogP contribution in [0.4, 0.5) is 0 Å². The van der Waals surface area contributed by atoms with Gasteiger partial charge >= 0.3 is 11.7 Å². The summed E-state index contributed by atoms with van der Waals surface area (Å²) in [6.45, 7) is 3.65. The van der Waals surface area contributed by atoms with Gasteiger partial charge in [0.05, 0.1) is 13.7 Å². The summed E-state index contributed by atoms with van der Waals surface area (Å²) >= 11 is 1.10. The summed E-state index contributed by atoms with van der Waals surface area (Å²) in [6, 6.07) is 7.09. The minimum absolute atomic E-state index is 0.179. The van der Waals surface area contributed by atoms with E-state index >= 15 is 0 Å². The predicted octanol–water partition coefficient (Wildman–Crippen LogP) is 1.75. The molecule has 2 aromatic heterocycles. The van der Waals surface area contributed by atoms with E-state index in [1.165, 1.54) is 18.7 Å². The van der Waals surface area contributed by atoms with Crippen LogP contribution in [0.5, 0.6) is 5.75 Å². The van der Waals surface area contributed by atoms with Crippen molar-refractivity contribution in [3.63, 3.8) is 0 Å². The van der Waals surface area contributed by atoms with E-state index in [-0.39, 0.29) is 17.6 Å². The Morgan fingerprint density at radius 3 is 2.40 bits per heavy atom. The predicted molar refractivity (Wildman–Crippen MR) is 114 cm³/mol. The Bertz CT molecular complexity index is 1220. The number of methoxy groups -OCH3 is 1. The topological polar surface area (TPSA) is 105 Å². The van der Waals surface area contributed by atoms with Gasteiger partial charge in [-0.1, -0.05) is 11.8 Å². The van der Waals surface area contributed by atoms with Crippen LogP contribution in [0.1, 0.15) is 13.8 Å². The molecule has 158 valence electrons. The number of hydrogen-bond acceptors (Lipinski definition) is 8. The standard InChI is InChI=1S/C20H22N4O5S/c1-6-29-19(26)11(2)30-17-14-16(23(3)20(27)24(4)18(14)25)21-15(22-17)12-7-9-13(28-5)10-8-12/h7-11H,6H2,1-5H3/t11-/m1/s1. The minimum atomic E-state index is -0.603. The first kappa shape index (κ1) is 21.6. The van der Waals surface area contributed by atoms with Crippen LogP contribution >= 0.6 is 11.8 Å². The van der Waals surface area contributed by atoms with Crippen LogP contribution in [0.2, 0.25) is 0 Å². The third kappa shape index (κ3) is 3.95. The second-order valence-electron chi connectivity index (χ2n) is 6.50. The fourth-order valence-corrected chi connectivity index (χ4v) is 3.79. The van der Waals surface area contributed by atoms with Gasteiger partial charge in [-0.2, -0.15) is 0 Å². The van der Waals surface area contributed by atoms with Crippen molar-refractivity contribution in [2.24, 2.45) is 14.1 Å². The summed E-state index contributed by atoms with van der Waals surface area (Å²) in [5.74, 6) is 0.584. The lowest BCUT2D eigenvalue weighted by atomic mass is 10.2. The second kappa shape index (κ2) is 8.70. The highest BCUT2D eigenvalue weighted by molar-refractivity contribution is 8.00. The average molecular weight is 430 g/mol. The van der Waals surface area contributed by atoms with Crippen LogP contribution in [-0.4, -0.2) is 44.0 Å². The molecule has 1 aromatic carbocycles. The van der Waals surface area contributed by atoms with Crippen molar-refractivity contribution < 1.29 is 14.3 Å². The molecule has 0 bridgehead atoms. The van der Waals surface area contributed by atoms with Gasteiger partial charge in [0, 0.05) is 19.7 Å². The Labute approximate surface area is 176 Å². The second-order valence-corrected chi connectivity index (χ2v) is 7.83. The quantitative estimate of drug-likeness (QED) is 0.331. The maximum absolute atomic E-state index is 12.9. The summed E-state index contributed by atoms with van der Waals surface area (Å²) in [4.78, 5) is 46.5. The number of rotatable bonds is 6. The smallest absolute Gasteiger partial charge is 0.332 e. The van der Waals surface area contributed by atoms with Gasteiger partial charge in [0.25, 0.3) is 5.56 Å². The number of thioether (sulfide) groups is 1. The molecule has 0 amide bonds. The normalized spacial score (nSPS) is 12.0. The Morgan fingerprint density at radius 1 is 1.13 bits per heavy atom. The molecule has 9 nitrogen and oxygen atoms in total. The first-order chi connectivity index (χ1) is 14.3. The molecule has 30 heavy (non-hydrogen) atoms. The van der Waals surface area contributed by atoms with Gasteiger partial charge in [-0.15, -0.1) is 0 Å². The third-order valence-corrected chi connectivity index (χ3v) is 5.59. The van der Waals surface area contributed by atoms with E-state index < -0.39 is 22.5 Å². The lowest BCUT2D eigenvalue weighted by Crippen LogP contribution is -2.37. The number of nitrogens with zero attached hydrogens (tertiary/aromatic N) is 4. The number of benzene rings is 1. The molecule has 0 saturated heterocycles. The van der Waals surface area contributed by atoms with E-state index in [0.29, 0.717) is 22.2 Å². The fraction of sp³-hybridized carbons (Fsp3) is 0.350. The van der Waals surface area contributed by atoms with E-state index in [2.05, 4.69) is 9.97 Å². The van der Waals surface area contributed by atoms with E-state index in [4.69, 9.17) is 9.47 Å². The van der Waals surface area contributed by atoms with Crippen LogP contribution in [0.15, 0.2) is 38.9 Å². The average Bonchev–Trinajstić information content (AvgIpc) is 2.75. The van der Waals surface area contributed by atoms with Crippen molar-refractivity contribution in [1.29, 1.82) is 0 Å². The Morgan fingerprint density at radius 2 is 1.80 bits per heavy atom. The lowest BCUT2D eigenvalue weighted by Gasteiger charge is -2.14. The molecule has 0 aliphatic carbocycles. The van der Waals surface area contributed by atoms with Crippen molar-refractivity contribution in [2.75, 3.05) is 13.7 Å². The van der Waals surface area contributed by atoms with Gasteiger partial charge in [-0.05, 0) is 38.1 Å². The van der Waals surface area contributed by atoms with E-state index in [9.17, 15) is 14.4 Å². The fourth-order valence-electron chi connectivity index (χ4n) is 2.86. The zero-order valence-electron chi connectivity index (χ0n) is 17.3. The van der Waals surface area contributed by atoms with Gasteiger partial charge in [0.15, 0.2) is 11.5 Å². The number of fused-ring (bicyclic) bond motifs is 1. The number of carbonyl (C=O) groups is 1. The summed E-state index contributed by atoms with van der Waals surface area (Å²) in [5.41, 5.74) is -0.145. The van der Waals surface area contributed by atoms with Crippen molar-refractivity contribution in [3.05, 3.63) is 45.1 Å². The highest BCUT2D eigenvalue weighted by atomic mass is 32.2. The molecule has 0 aliphatic rings. The van der Waals surface area contributed by atoms with Crippen LogP contribution in [0, 0.1) is 0 Å². The molecule has 0 spiro atoms. The zero-order valence-corrected chi connectivity index (χ0v) is 18.1. The van der Waals surface area contributed by atoms with Crippen molar-refractivity contribution in [3.8, 4) is 17.1 Å². The zero-order chi connectivity index (χ0) is 22.0. The summed E-state index contributed by atoms with van der Waals surface area (Å²) in [5, 5.41) is -0.116. The van der Waals surface area contributed by atoms with Crippen molar-refractivity contribution in [2.45, 2.75) is 24.1 Å². The lowest BCUT2D eigenvalue weighted by molar-refractivity contribution is -0.142. The molecular weight excluding hydrogens is 408 g/mol. The van der Waals surface area contributed by atoms with Gasteiger partial charge in [0.2, 0.25) is 0 Å². The van der Waals surface area contributed by atoms with E-state index in [1.807, 2.05) is 0 Å².